The Morgan fingerprint density at radius 3 is 2.03 bits per heavy atom. The van der Waals surface area contributed by atoms with Crippen molar-refractivity contribution in [3.63, 3.8) is 0 Å². The fraction of sp³-hybridized carbons (Fsp3) is 0.0833. The number of hydrogen-bond acceptors (Lipinski definition) is 6. The molecule has 8 nitrogen and oxygen atoms in total. The van der Waals surface area contributed by atoms with E-state index in [2.05, 4.69) is 5.32 Å². The summed E-state index contributed by atoms with van der Waals surface area (Å²) in [5.41, 5.74) is 2.66. The number of carbonyl (C=O) groups is 2. The highest BCUT2D eigenvalue weighted by molar-refractivity contribution is 6.46. The number of nitrogens with zero attached hydrogens (tertiary/aromatic N) is 3. The fourth-order valence-corrected chi connectivity index (χ4v) is 3.46. The maximum Gasteiger partial charge on any atom is 0.282 e. The highest BCUT2D eigenvalue weighted by Crippen LogP contribution is 2.34. The molecule has 0 saturated carbocycles. The molecule has 2 amide bonds. The van der Waals surface area contributed by atoms with Crippen LogP contribution >= 0.6 is 0 Å². The van der Waals surface area contributed by atoms with Crippen molar-refractivity contribution < 1.29 is 14.5 Å². The first-order valence-corrected chi connectivity index (χ1v) is 9.84. The lowest BCUT2D eigenvalue weighted by Crippen LogP contribution is -2.32. The molecule has 0 radical (unpaired) electrons. The Balaban J connectivity index is 1.78. The molecule has 0 bridgehead atoms. The van der Waals surface area contributed by atoms with Gasteiger partial charge in [-0.05, 0) is 54.1 Å². The number of non-ortho nitro benzene ring substituents is 1. The highest BCUT2D eigenvalue weighted by Gasteiger charge is 2.40. The zero-order valence-electron chi connectivity index (χ0n) is 17.5. The van der Waals surface area contributed by atoms with E-state index in [-0.39, 0.29) is 17.0 Å². The van der Waals surface area contributed by atoms with E-state index in [9.17, 15) is 19.7 Å². The SMILES string of the molecule is CN(C)c1ccc(NC2=C(c3ccc([N+](=O)[O-])cc3)C(=O)N(c3ccccc3)C2=O)cc1. The summed E-state index contributed by atoms with van der Waals surface area (Å²) in [6.07, 6.45) is 0. The van der Waals surface area contributed by atoms with Gasteiger partial charge in [-0.3, -0.25) is 19.7 Å². The summed E-state index contributed by atoms with van der Waals surface area (Å²) < 4.78 is 0. The highest BCUT2D eigenvalue weighted by atomic mass is 16.6. The number of benzene rings is 3. The summed E-state index contributed by atoms with van der Waals surface area (Å²) in [7, 11) is 3.85. The quantitative estimate of drug-likeness (QED) is 0.361. The van der Waals surface area contributed by atoms with Crippen LogP contribution in [0.1, 0.15) is 5.56 Å². The Morgan fingerprint density at radius 2 is 1.47 bits per heavy atom. The number of carbonyl (C=O) groups excluding carboxylic acids is 2. The minimum absolute atomic E-state index is 0.0974. The molecule has 3 aromatic carbocycles. The molecule has 0 saturated heterocycles. The van der Waals surface area contributed by atoms with Crippen LogP contribution in [0.5, 0.6) is 0 Å². The van der Waals surface area contributed by atoms with Crippen molar-refractivity contribution >= 4 is 40.1 Å². The molecule has 1 aliphatic heterocycles. The van der Waals surface area contributed by atoms with Gasteiger partial charge in [0.15, 0.2) is 0 Å². The van der Waals surface area contributed by atoms with Crippen molar-refractivity contribution in [2.24, 2.45) is 0 Å². The third-order valence-electron chi connectivity index (χ3n) is 5.12. The zero-order chi connectivity index (χ0) is 22.8. The molecule has 8 heteroatoms. The average molecular weight is 428 g/mol. The first kappa shape index (κ1) is 20.8. The van der Waals surface area contributed by atoms with E-state index in [0.29, 0.717) is 16.9 Å². The Kier molecular flexibility index (Phi) is 5.43. The van der Waals surface area contributed by atoms with Crippen LogP contribution in [-0.2, 0) is 9.59 Å². The summed E-state index contributed by atoms with van der Waals surface area (Å²) in [4.78, 5) is 40.2. The fourth-order valence-electron chi connectivity index (χ4n) is 3.46. The monoisotopic (exact) mass is 428 g/mol. The number of rotatable bonds is 6. The van der Waals surface area contributed by atoms with Crippen molar-refractivity contribution in [1.82, 2.24) is 0 Å². The molecule has 4 rings (SSSR count). The molecular weight excluding hydrogens is 408 g/mol. The molecule has 160 valence electrons. The third-order valence-corrected chi connectivity index (χ3v) is 5.12. The largest absolute Gasteiger partial charge is 0.378 e. The molecule has 1 N–H and O–H groups in total. The summed E-state index contributed by atoms with van der Waals surface area (Å²) in [6, 6.07) is 21.6. The van der Waals surface area contributed by atoms with Crippen LogP contribution < -0.4 is 15.1 Å². The number of amides is 2. The van der Waals surface area contributed by atoms with Gasteiger partial charge < -0.3 is 10.2 Å². The zero-order valence-corrected chi connectivity index (χ0v) is 17.5. The Labute approximate surface area is 184 Å². The number of nitrogens with one attached hydrogen (secondary N) is 1. The van der Waals surface area contributed by atoms with Gasteiger partial charge in [0.05, 0.1) is 16.2 Å². The van der Waals surface area contributed by atoms with Gasteiger partial charge in [-0.15, -0.1) is 0 Å². The number of anilines is 3. The lowest BCUT2D eigenvalue weighted by atomic mass is 10.0. The molecular formula is C24H20N4O4. The smallest absolute Gasteiger partial charge is 0.282 e. The Hall–Kier alpha value is -4.46. The van der Waals surface area contributed by atoms with Gasteiger partial charge in [-0.1, -0.05) is 18.2 Å². The van der Waals surface area contributed by atoms with Crippen LogP contribution in [-0.4, -0.2) is 30.8 Å². The van der Waals surface area contributed by atoms with Crippen LogP contribution in [0, 0.1) is 10.1 Å². The molecule has 1 aliphatic rings. The number of nitro benzene ring substituents is 1. The van der Waals surface area contributed by atoms with Crippen LogP contribution in [0.4, 0.5) is 22.7 Å². The van der Waals surface area contributed by atoms with E-state index in [0.717, 1.165) is 10.6 Å². The number of hydrogen-bond donors (Lipinski definition) is 1. The van der Waals surface area contributed by atoms with Gasteiger partial charge in [0.2, 0.25) is 0 Å². The van der Waals surface area contributed by atoms with E-state index in [1.165, 1.54) is 24.3 Å². The predicted octanol–water partition coefficient (Wildman–Crippen LogP) is 4.06. The van der Waals surface area contributed by atoms with E-state index in [4.69, 9.17) is 0 Å². The van der Waals surface area contributed by atoms with Gasteiger partial charge in [0.1, 0.15) is 5.70 Å². The van der Waals surface area contributed by atoms with E-state index in [1.54, 1.807) is 30.3 Å². The van der Waals surface area contributed by atoms with Crippen molar-refractivity contribution in [3.05, 3.63) is 100 Å². The topological polar surface area (TPSA) is 95.8 Å². The van der Waals surface area contributed by atoms with Gasteiger partial charge in [-0.2, -0.15) is 0 Å². The van der Waals surface area contributed by atoms with Crippen molar-refractivity contribution in [2.45, 2.75) is 0 Å². The normalized spacial score (nSPS) is 13.5. The second-order valence-electron chi connectivity index (χ2n) is 7.40. The standard InChI is InChI=1S/C24H20N4O4/c1-26(2)18-14-10-17(11-15-18)25-22-21(16-8-12-20(13-9-16)28(31)32)23(29)27(24(22)30)19-6-4-3-5-7-19/h3-15,25H,1-2H3. The lowest BCUT2D eigenvalue weighted by Gasteiger charge is -2.15. The Bertz CT molecular complexity index is 1220. The summed E-state index contributed by atoms with van der Waals surface area (Å²) in [6.45, 7) is 0. The number of nitro groups is 1. The molecule has 32 heavy (non-hydrogen) atoms. The van der Waals surface area contributed by atoms with E-state index < -0.39 is 16.7 Å². The first-order valence-electron chi connectivity index (χ1n) is 9.84. The maximum absolute atomic E-state index is 13.3. The van der Waals surface area contributed by atoms with E-state index >= 15 is 0 Å². The van der Waals surface area contributed by atoms with E-state index in [1.807, 2.05) is 43.3 Å². The van der Waals surface area contributed by atoms with Gasteiger partial charge in [0.25, 0.3) is 17.5 Å². The molecule has 0 fully saturated rings. The van der Waals surface area contributed by atoms with Crippen LogP contribution in [0.3, 0.4) is 0 Å². The summed E-state index contributed by atoms with van der Waals surface area (Å²) >= 11 is 0. The summed E-state index contributed by atoms with van der Waals surface area (Å²) in [5, 5.41) is 14.1. The molecule has 3 aromatic rings. The minimum atomic E-state index is -0.512. The van der Waals surface area contributed by atoms with Crippen molar-refractivity contribution in [2.75, 3.05) is 29.2 Å². The van der Waals surface area contributed by atoms with Gasteiger partial charge in [-0.25, -0.2) is 4.90 Å². The molecule has 1 heterocycles. The summed E-state index contributed by atoms with van der Waals surface area (Å²) in [5.74, 6) is -0.992. The van der Waals surface area contributed by atoms with Gasteiger partial charge in [0, 0.05) is 37.6 Å². The number of para-hydroxylation sites is 1. The molecule has 0 spiro atoms. The number of imide groups is 1. The van der Waals surface area contributed by atoms with Gasteiger partial charge >= 0.3 is 0 Å². The first-order chi connectivity index (χ1) is 15.4. The third kappa shape index (κ3) is 3.81. The van der Waals surface area contributed by atoms with Crippen LogP contribution in [0.2, 0.25) is 0 Å². The van der Waals surface area contributed by atoms with Crippen LogP contribution in [0.15, 0.2) is 84.6 Å². The van der Waals surface area contributed by atoms with Crippen molar-refractivity contribution in [1.29, 1.82) is 0 Å². The second-order valence-corrected chi connectivity index (χ2v) is 7.40. The molecule has 0 aliphatic carbocycles. The minimum Gasteiger partial charge on any atom is -0.378 e. The maximum atomic E-state index is 13.3. The second kappa shape index (κ2) is 8.35. The molecule has 0 aromatic heterocycles. The molecule has 0 unspecified atom stereocenters. The molecule has 0 atom stereocenters. The van der Waals surface area contributed by atoms with Crippen molar-refractivity contribution in [3.8, 4) is 0 Å². The average Bonchev–Trinajstić information content (AvgIpc) is 3.04. The predicted molar refractivity (Wildman–Crippen MR) is 123 cm³/mol. The lowest BCUT2D eigenvalue weighted by molar-refractivity contribution is -0.384. The Morgan fingerprint density at radius 1 is 0.844 bits per heavy atom. The van der Waals surface area contributed by atoms with Crippen LogP contribution in [0.25, 0.3) is 5.57 Å².